The topological polar surface area (TPSA) is 78.2 Å². The highest BCUT2D eigenvalue weighted by molar-refractivity contribution is 5.97. The Morgan fingerprint density at radius 3 is 2.76 bits per heavy atom. The third-order valence-electron chi connectivity index (χ3n) is 7.68. The van der Waals surface area contributed by atoms with Gasteiger partial charge < -0.3 is 24.8 Å². The van der Waals surface area contributed by atoms with Gasteiger partial charge in [-0.2, -0.15) is 9.61 Å². The average Bonchev–Trinajstić information content (AvgIpc) is 3.29. The van der Waals surface area contributed by atoms with Gasteiger partial charge in [0, 0.05) is 57.6 Å². The lowest BCUT2D eigenvalue weighted by Crippen LogP contribution is -2.39. The Hall–Kier alpha value is -3.75. The molecule has 6 rings (SSSR count). The molecule has 5 heterocycles. The van der Waals surface area contributed by atoms with Crippen molar-refractivity contribution in [2.24, 2.45) is 0 Å². The van der Waals surface area contributed by atoms with Crippen molar-refractivity contribution in [3.8, 4) is 5.75 Å². The van der Waals surface area contributed by atoms with E-state index in [9.17, 15) is 4.79 Å². The molecule has 3 aromatic rings. The number of hydrogen-bond acceptors (Lipinski definition) is 7. The highest BCUT2D eigenvalue weighted by Gasteiger charge is 2.33. The van der Waals surface area contributed by atoms with Crippen LogP contribution in [-0.2, 0) is 0 Å². The Bertz CT molecular complexity index is 1350. The van der Waals surface area contributed by atoms with Crippen molar-refractivity contribution in [2.45, 2.75) is 38.6 Å². The van der Waals surface area contributed by atoms with Crippen molar-refractivity contribution < 1.29 is 9.53 Å². The first kappa shape index (κ1) is 23.6. The Morgan fingerprint density at radius 1 is 1.08 bits per heavy atom. The summed E-state index contributed by atoms with van der Waals surface area (Å²) in [6.07, 6.45) is 4.10. The summed E-state index contributed by atoms with van der Waals surface area (Å²) in [6.45, 7) is 10.6. The standard InChI is InChI=1S/C28H35N7O2/c1-19-8-9-24-21(15-19)28(36)34-13-5-4-7-23(34)22-16-26-30-25(33-11-6-12-33)17-27(35(26)31-22)32(3)14-10-29-20(2)18-37-24/h8-9,15-17,23,29H,2,4-7,10-14,18H2,1,3H3. The van der Waals surface area contributed by atoms with Crippen LogP contribution in [-0.4, -0.2) is 71.8 Å². The van der Waals surface area contributed by atoms with Crippen LogP contribution in [0.5, 0.6) is 5.75 Å². The summed E-state index contributed by atoms with van der Waals surface area (Å²) < 4.78 is 8.06. The molecule has 3 aliphatic heterocycles. The highest BCUT2D eigenvalue weighted by Crippen LogP contribution is 2.35. The molecular weight excluding hydrogens is 466 g/mol. The number of carbonyl (C=O) groups excluding carboxylic acids is 1. The number of fused-ring (bicyclic) bond motifs is 4. The highest BCUT2D eigenvalue weighted by atomic mass is 16.5. The van der Waals surface area contributed by atoms with Gasteiger partial charge in [0.1, 0.15) is 24.0 Å². The summed E-state index contributed by atoms with van der Waals surface area (Å²) in [6, 6.07) is 9.90. The number of nitrogens with zero attached hydrogens (tertiary/aromatic N) is 6. The van der Waals surface area contributed by atoms with E-state index in [1.165, 1.54) is 6.42 Å². The minimum absolute atomic E-state index is 0.0160. The summed E-state index contributed by atoms with van der Waals surface area (Å²) in [4.78, 5) is 25.5. The molecule has 0 radical (unpaired) electrons. The van der Waals surface area contributed by atoms with Gasteiger partial charge in [-0.25, -0.2) is 4.98 Å². The van der Waals surface area contributed by atoms with Crippen LogP contribution in [0.15, 0.2) is 42.6 Å². The zero-order chi connectivity index (χ0) is 25.5. The second-order valence-corrected chi connectivity index (χ2v) is 10.4. The number of benzene rings is 1. The van der Waals surface area contributed by atoms with E-state index in [-0.39, 0.29) is 11.9 Å². The molecule has 1 amide bonds. The molecule has 2 bridgehead atoms. The van der Waals surface area contributed by atoms with Gasteiger partial charge in [0.15, 0.2) is 5.65 Å². The second-order valence-electron chi connectivity index (χ2n) is 10.4. The zero-order valence-corrected chi connectivity index (χ0v) is 21.7. The predicted octanol–water partition coefficient (Wildman–Crippen LogP) is 3.55. The molecule has 194 valence electrons. The van der Waals surface area contributed by atoms with Crippen LogP contribution >= 0.6 is 0 Å². The Balaban J connectivity index is 1.47. The minimum atomic E-state index is -0.105. The SMILES string of the molecule is C=C1COc2ccc(C)cc2C(=O)N2CCCCC2c2cc3nc(N4CCC4)cc(n3n2)N(C)CCN1. The molecule has 1 unspecified atom stereocenters. The summed E-state index contributed by atoms with van der Waals surface area (Å²) >= 11 is 0. The van der Waals surface area contributed by atoms with E-state index >= 15 is 0 Å². The number of ether oxygens (including phenoxy) is 1. The fourth-order valence-electron chi connectivity index (χ4n) is 5.41. The molecule has 0 saturated carbocycles. The van der Waals surface area contributed by atoms with Gasteiger partial charge in [0.2, 0.25) is 0 Å². The molecule has 9 nitrogen and oxygen atoms in total. The van der Waals surface area contributed by atoms with Gasteiger partial charge in [-0.3, -0.25) is 4.79 Å². The van der Waals surface area contributed by atoms with Gasteiger partial charge in [-0.15, -0.1) is 0 Å². The van der Waals surface area contributed by atoms with Crippen molar-refractivity contribution in [2.75, 3.05) is 56.2 Å². The van der Waals surface area contributed by atoms with Crippen LogP contribution in [0, 0.1) is 6.92 Å². The summed E-state index contributed by atoms with van der Waals surface area (Å²) in [5.41, 5.74) is 4.11. The molecule has 0 spiro atoms. The van der Waals surface area contributed by atoms with Crippen LogP contribution in [0.4, 0.5) is 11.6 Å². The Morgan fingerprint density at radius 2 is 1.95 bits per heavy atom. The number of anilines is 2. The molecule has 0 aliphatic carbocycles. The average molecular weight is 502 g/mol. The van der Waals surface area contributed by atoms with Crippen molar-refractivity contribution in [3.63, 3.8) is 0 Å². The second kappa shape index (κ2) is 9.61. The third-order valence-corrected chi connectivity index (χ3v) is 7.68. The number of aryl methyl sites for hydroxylation is 1. The Labute approximate surface area is 217 Å². The lowest BCUT2D eigenvalue weighted by molar-refractivity contribution is 0.0601. The first-order valence-corrected chi connectivity index (χ1v) is 13.3. The summed E-state index contributed by atoms with van der Waals surface area (Å²) in [5, 5.41) is 8.43. The van der Waals surface area contributed by atoms with Gasteiger partial charge in [-0.05, 0) is 44.7 Å². The van der Waals surface area contributed by atoms with Crippen molar-refractivity contribution in [1.29, 1.82) is 0 Å². The number of hydrogen-bond donors (Lipinski definition) is 1. The summed E-state index contributed by atoms with van der Waals surface area (Å²) in [7, 11) is 2.08. The van der Waals surface area contributed by atoms with E-state index in [0.29, 0.717) is 31.0 Å². The smallest absolute Gasteiger partial charge is 0.258 e. The number of carbonyl (C=O) groups is 1. The molecular formula is C28H35N7O2. The van der Waals surface area contributed by atoms with E-state index < -0.39 is 0 Å². The molecule has 1 atom stereocenters. The zero-order valence-electron chi connectivity index (χ0n) is 21.7. The first-order chi connectivity index (χ1) is 18.0. The molecule has 2 saturated heterocycles. The van der Waals surface area contributed by atoms with Crippen LogP contribution in [0.25, 0.3) is 5.65 Å². The van der Waals surface area contributed by atoms with E-state index in [0.717, 1.165) is 73.1 Å². The molecule has 2 fully saturated rings. The summed E-state index contributed by atoms with van der Waals surface area (Å²) in [5.74, 6) is 2.54. The minimum Gasteiger partial charge on any atom is -0.487 e. The van der Waals surface area contributed by atoms with Crippen LogP contribution < -0.4 is 19.9 Å². The fourth-order valence-corrected chi connectivity index (χ4v) is 5.41. The molecule has 2 aromatic heterocycles. The van der Waals surface area contributed by atoms with Crippen LogP contribution in [0.2, 0.25) is 0 Å². The van der Waals surface area contributed by atoms with Gasteiger partial charge in [0.25, 0.3) is 5.91 Å². The molecule has 3 aliphatic rings. The molecule has 1 N–H and O–H groups in total. The van der Waals surface area contributed by atoms with Crippen molar-refractivity contribution >= 4 is 23.2 Å². The van der Waals surface area contributed by atoms with E-state index in [1.807, 2.05) is 34.5 Å². The largest absolute Gasteiger partial charge is 0.487 e. The number of likely N-dealkylation sites (N-methyl/N-ethyl adjacent to an activating group) is 1. The lowest BCUT2D eigenvalue weighted by atomic mass is 9.97. The number of aromatic nitrogens is 3. The van der Waals surface area contributed by atoms with E-state index in [4.69, 9.17) is 14.8 Å². The van der Waals surface area contributed by atoms with E-state index in [2.05, 4.69) is 40.9 Å². The number of rotatable bonds is 1. The van der Waals surface area contributed by atoms with Gasteiger partial charge in [-0.1, -0.05) is 18.2 Å². The monoisotopic (exact) mass is 501 g/mol. The normalized spacial score (nSPS) is 20.8. The maximum absolute atomic E-state index is 14.0. The number of amides is 1. The Kier molecular flexibility index (Phi) is 6.14. The van der Waals surface area contributed by atoms with Gasteiger partial charge >= 0.3 is 0 Å². The molecule has 9 heteroatoms. The van der Waals surface area contributed by atoms with Crippen LogP contribution in [0.1, 0.15) is 53.3 Å². The molecule has 37 heavy (non-hydrogen) atoms. The van der Waals surface area contributed by atoms with Crippen molar-refractivity contribution in [1.82, 2.24) is 24.8 Å². The molecule has 1 aromatic carbocycles. The maximum atomic E-state index is 14.0. The number of piperidine rings is 1. The maximum Gasteiger partial charge on any atom is 0.258 e. The van der Waals surface area contributed by atoms with Crippen molar-refractivity contribution in [3.05, 3.63) is 59.4 Å². The predicted molar refractivity (Wildman–Crippen MR) is 145 cm³/mol. The van der Waals surface area contributed by atoms with E-state index in [1.54, 1.807) is 0 Å². The fraction of sp³-hybridized carbons (Fsp3) is 0.464. The first-order valence-electron chi connectivity index (χ1n) is 13.3. The third kappa shape index (κ3) is 4.47. The van der Waals surface area contributed by atoms with Gasteiger partial charge in [0.05, 0.1) is 17.3 Å². The quantitative estimate of drug-likeness (QED) is 0.546. The van der Waals surface area contributed by atoms with Crippen LogP contribution in [0.3, 0.4) is 0 Å². The lowest BCUT2D eigenvalue weighted by Gasteiger charge is -2.35. The number of nitrogens with one attached hydrogen (secondary N) is 1.